The van der Waals surface area contributed by atoms with Crippen LogP contribution in [0, 0.1) is 6.92 Å². The van der Waals surface area contributed by atoms with Gasteiger partial charge in [-0.05, 0) is 19.1 Å². The van der Waals surface area contributed by atoms with Crippen LogP contribution in [0.5, 0.6) is 0 Å². The van der Waals surface area contributed by atoms with Crippen LogP contribution in [-0.4, -0.2) is 30.0 Å². The minimum atomic E-state index is -0.103. The smallest absolute Gasteiger partial charge is 0.317 e. The van der Waals surface area contributed by atoms with Crippen molar-refractivity contribution in [3.63, 3.8) is 0 Å². The second-order valence-electron chi connectivity index (χ2n) is 3.32. The topological polar surface area (TPSA) is 45.2 Å². The largest absolute Gasteiger partial charge is 0.332 e. The van der Waals surface area contributed by atoms with Crippen molar-refractivity contribution in [3.8, 4) is 0 Å². The first-order chi connectivity index (χ1) is 6.59. The van der Waals surface area contributed by atoms with E-state index >= 15 is 0 Å². The second-order valence-corrected chi connectivity index (χ2v) is 3.32. The van der Waals surface area contributed by atoms with Crippen molar-refractivity contribution in [2.24, 2.45) is 0 Å². The lowest BCUT2D eigenvalue weighted by Crippen LogP contribution is -2.34. The van der Waals surface area contributed by atoms with E-state index in [-0.39, 0.29) is 6.03 Å². The monoisotopic (exact) mass is 193 g/mol. The van der Waals surface area contributed by atoms with E-state index in [1.807, 2.05) is 25.1 Å². The Morgan fingerprint density at radius 1 is 1.50 bits per heavy atom. The van der Waals surface area contributed by atoms with Crippen molar-refractivity contribution < 1.29 is 4.79 Å². The van der Waals surface area contributed by atoms with Gasteiger partial charge in [0.05, 0.1) is 12.2 Å². The van der Waals surface area contributed by atoms with Crippen molar-refractivity contribution in [2.75, 3.05) is 14.1 Å². The second kappa shape index (κ2) is 4.60. The number of amides is 2. The van der Waals surface area contributed by atoms with E-state index in [1.54, 1.807) is 14.1 Å². The predicted molar refractivity (Wildman–Crippen MR) is 54.9 cm³/mol. The molecule has 0 saturated carbocycles. The van der Waals surface area contributed by atoms with Gasteiger partial charge in [0.1, 0.15) is 0 Å². The standard InChI is InChI=1S/C10H15N3O/c1-8-5-4-6-9(12-8)7-11-10(14)13(2)3/h4-6H,7H2,1-3H3,(H,11,14). The average molecular weight is 193 g/mol. The number of aryl methyl sites for hydroxylation is 1. The van der Waals surface area contributed by atoms with E-state index in [9.17, 15) is 4.79 Å². The lowest BCUT2D eigenvalue weighted by atomic mass is 10.3. The summed E-state index contributed by atoms with van der Waals surface area (Å²) in [4.78, 5) is 17.0. The van der Waals surface area contributed by atoms with Gasteiger partial charge in [-0.3, -0.25) is 4.98 Å². The number of pyridine rings is 1. The van der Waals surface area contributed by atoms with Crippen LogP contribution in [-0.2, 0) is 6.54 Å². The number of nitrogens with zero attached hydrogens (tertiary/aromatic N) is 2. The maximum absolute atomic E-state index is 11.2. The van der Waals surface area contributed by atoms with Crippen LogP contribution in [0.15, 0.2) is 18.2 Å². The molecule has 0 aliphatic rings. The summed E-state index contributed by atoms with van der Waals surface area (Å²) in [6.45, 7) is 2.40. The molecule has 0 saturated heterocycles. The zero-order valence-electron chi connectivity index (χ0n) is 8.74. The van der Waals surface area contributed by atoms with Crippen LogP contribution in [0.25, 0.3) is 0 Å². The molecule has 14 heavy (non-hydrogen) atoms. The fourth-order valence-electron chi connectivity index (χ4n) is 1.02. The molecule has 1 aromatic heterocycles. The highest BCUT2D eigenvalue weighted by Crippen LogP contribution is 1.97. The van der Waals surface area contributed by atoms with Crippen LogP contribution in [0.2, 0.25) is 0 Å². The molecular formula is C10H15N3O. The highest BCUT2D eigenvalue weighted by molar-refractivity contribution is 5.73. The Morgan fingerprint density at radius 2 is 2.21 bits per heavy atom. The minimum Gasteiger partial charge on any atom is -0.332 e. The molecule has 0 bridgehead atoms. The third-order valence-corrected chi connectivity index (χ3v) is 1.77. The third kappa shape index (κ3) is 3.05. The van der Waals surface area contributed by atoms with Gasteiger partial charge in [0, 0.05) is 19.8 Å². The summed E-state index contributed by atoms with van der Waals surface area (Å²) >= 11 is 0. The number of hydrogen-bond acceptors (Lipinski definition) is 2. The maximum atomic E-state index is 11.2. The quantitative estimate of drug-likeness (QED) is 0.766. The average Bonchev–Trinajstić information content (AvgIpc) is 2.14. The Kier molecular flexibility index (Phi) is 3.45. The Hall–Kier alpha value is -1.58. The summed E-state index contributed by atoms with van der Waals surface area (Å²) in [7, 11) is 3.41. The van der Waals surface area contributed by atoms with E-state index in [1.165, 1.54) is 4.90 Å². The fourth-order valence-corrected chi connectivity index (χ4v) is 1.02. The Bertz CT molecular complexity index is 323. The summed E-state index contributed by atoms with van der Waals surface area (Å²) in [6.07, 6.45) is 0. The lowest BCUT2D eigenvalue weighted by Gasteiger charge is -2.11. The third-order valence-electron chi connectivity index (χ3n) is 1.77. The van der Waals surface area contributed by atoms with E-state index in [2.05, 4.69) is 10.3 Å². The van der Waals surface area contributed by atoms with Gasteiger partial charge in [-0.2, -0.15) is 0 Å². The van der Waals surface area contributed by atoms with Gasteiger partial charge in [-0.25, -0.2) is 4.79 Å². The molecule has 0 unspecified atom stereocenters. The van der Waals surface area contributed by atoms with Crippen molar-refractivity contribution in [2.45, 2.75) is 13.5 Å². The Morgan fingerprint density at radius 3 is 2.79 bits per heavy atom. The molecule has 1 aromatic rings. The molecule has 0 fully saturated rings. The molecule has 0 radical (unpaired) electrons. The maximum Gasteiger partial charge on any atom is 0.317 e. The molecule has 1 rings (SSSR count). The van der Waals surface area contributed by atoms with Crippen LogP contribution >= 0.6 is 0 Å². The molecule has 0 aliphatic heterocycles. The highest BCUT2D eigenvalue weighted by Gasteiger charge is 2.02. The van der Waals surface area contributed by atoms with Gasteiger partial charge in [-0.1, -0.05) is 6.07 Å². The molecule has 4 nitrogen and oxygen atoms in total. The minimum absolute atomic E-state index is 0.103. The van der Waals surface area contributed by atoms with Gasteiger partial charge < -0.3 is 10.2 Å². The Balaban J connectivity index is 2.50. The van der Waals surface area contributed by atoms with E-state index < -0.39 is 0 Å². The number of hydrogen-bond donors (Lipinski definition) is 1. The van der Waals surface area contributed by atoms with Crippen molar-refractivity contribution in [1.29, 1.82) is 0 Å². The predicted octanol–water partition coefficient (Wildman–Crippen LogP) is 1.16. The zero-order valence-corrected chi connectivity index (χ0v) is 8.74. The molecule has 2 amide bonds. The van der Waals surface area contributed by atoms with E-state index in [0.29, 0.717) is 6.54 Å². The van der Waals surface area contributed by atoms with Gasteiger partial charge in [0.25, 0.3) is 0 Å². The zero-order chi connectivity index (χ0) is 10.6. The van der Waals surface area contributed by atoms with E-state index in [4.69, 9.17) is 0 Å². The molecule has 0 aromatic carbocycles. The van der Waals surface area contributed by atoms with E-state index in [0.717, 1.165) is 11.4 Å². The SMILES string of the molecule is Cc1cccc(CNC(=O)N(C)C)n1. The van der Waals surface area contributed by atoms with Crippen molar-refractivity contribution in [3.05, 3.63) is 29.6 Å². The number of carbonyl (C=O) groups excluding carboxylic acids is 1. The summed E-state index contributed by atoms with van der Waals surface area (Å²) in [6, 6.07) is 5.65. The molecule has 1 N–H and O–H groups in total. The summed E-state index contributed by atoms with van der Waals surface area (Å²) in [5.41, 5.74) is 1.84. The Labute approximate surface area is 83.9 Å². The number of nitrogens with one attached hydrogen (secondary N) is 1. The molecule has 0 spiro atoms. The van der Waals surface area contributed by atoms with Crippen LogP contribution in [0.1, 0.15) is 11.4 Å². The van der Waals surface area contributed by atoms with Crippen LogP contribution < -0.4 is 5.32 Å². The first-order valence-corrected chi connectivity index (χ1v) is 4.47. The lowest BCUT2D eigenvalue weighted by molar-refractivity contribution is 0.217. The molecule has 0 aliphatic carbocycles. The fraction of sp³-hybridized carbons (Fsp3) is 0.400. The highest BCUT2D eigenvalue weighted by atomic mass is 16.2. The van der Waals surface area contributed by atoms with Crippen LogP contribution in [0.3, 0.4) is 0 Å². The summed E-state index contributed by atoms with van der Waals surface area (Å²) in [5.74, 6) is 0. The number of rotatable bonds is 2. The normalized spacial score (nSPS) is 9.64. The van der Waals surface area contributed by atoms with Crippen molar-refractivity contribution >= 4 is 6.03 Å². The van der Waals surface area contributed by atoms with Gasteiger partial charge >= 0.3 is 6.03 Å². The first-order valence-electron chi connectivity index (χ1n) is 4.47. The van der Waals surface area contributed by atoms with Crippen LogP contribution in [0.4, 0.5) is 4.79 Å². The van der Waals surface area contributed by atoms with Gasteiger partial charge in [0.2, 0.25) is 0 Å². The molecule has 4 heteroatoms. The number of urea groups is 1. The van der Waals surface area contributed by atoms with Crippen molar-refractivity contribution in [1.82, 2.24) is 15.2 Å². The number of carbonyl (C=O) groups is 1. The first kappa shape index (κ1) is 10.5. The van der Waals surface area contributed by atoms with Gasteiger partial charge in [-0.15, -0.1) is 0 Å². The summed E-state index contributed by atoms with van der Waals surface area (Å²) in [5, 5.41) is 2.75. The molecule has 76 valence electrons. The number of aromatic nitrogens is 1. The van der Waals surface area contributed by atoms with Gasteiger partial charge in [0.15, 0.2) is 0 Å². The summed E-state index contributed by atoms with van der Waals surface area (Å²) < 4.78 is 0. The molecule has 0 atom stereocenters. The molecule has 1 heterocycles. The molecular weight excluding hydrogens is 178 g/mol.